The average molecular weight is 254 g/mol. The molecule has 1 atom stereocenters. The SMILES string of the molecule is CCC(C)(CO)NC(=O)c1n[nH]c(C(C)C)c1N. The van der Waals surface area contributed by atoms with E-state index in [1.165, 1.54) is 0 Å². The van der Waals surface area contributed by atoms with Crippen LogP contribution in [-0.2, 0) is 0 Å². The van der Waals surface area contributed by atoms with Crippen LogP contribution in [0.15, 0.2) is 0 Å². The molecule has 0 bridgehead atoms. The van der Waals surface area contributed by atoms with E-state index in [-0.39, 0.29) is 24.1 Å². The first-order chi connectivity index (χ1) is 8.34. The Morgan fingerprint density at radius 3 is 2.61 bits per heavy atom. The minimum Gasteiger partial charge on any atom is -0.395 e. The number of aromatic amines is 1. The zero-order valence-electron chi connectivity index (χ0n) is 11.4. The molecule has 1 unspecified atom stereocenters. The highest BCUT2D eigenvalue weighted by Gasteiger charge is 2.27. The van der Waals surface area contributed by atoms with Crippen LogP contribution in [0, 0.1) is 0 Å². The Morgan fingerprint density at radius 1 is 1.61 bits per heavy atom. The van der Waals surface area contributed by atoms with Crippen molar-refractivity contribution in [2.45, 2.75) is 45.6 Å². The van der Waals surface area contributed by atoms with E-state index in [0.717, 1.165) is 5.69 Å². The predicted octanol–water partition coefficient (Wildman–Crippen LogP) is 1.01. The van der Waals surface area contributed by atoms with Gasteiger partial charge in [-0.1, -0.05) is 20.8 Å². The number of hydrogen-bond donors (Lipinski definition) is 4. The summed E-state index contributed by atoms with van der Waals surface area (Å²) in [5.41, 5.74) is 6.55. The van der Waals surface area contributed by atoms with Gasteiger partial charge in [0, 0.05) is 0 Å². The summed E-state index contributed by atoms with van der Waals surface area (Å²) in [5, 5.41) is 18.7. The Hall–Kier alpha value is -1.56. The van der Waals surface area contributed by atoms with Crippen molar-refractivity contribution in [1.82, 2.24) is 15.5 Å². The molecule has 0 aliphatic carbocycles. The molecule has 1 aromatic heterocycles. The summed E-state index contributed by atoms with van der Waals surface area (Å²) < 4.78 is 0. The number of nitrogens with two attached hydrogens (primary N) is 1. The zero-order valence-corrected chi connectivity index (χ0v) is 11.4. The number of nitrogens with zero attached hydrogens (tertiary/aromatic N) is 1. The lowest BCUT2D eigenvalue weighted by Gasteiger charge is -2.26. The summed E-state index contributed by atoms with van der Waals surface area (Å²) in [6.07, 6.45) is 0.622. The molecule has 0 radical (unpaired) electrons. The van der Waals surface area contributed by atoms with Gasteiger partial charge in [0.15, 0.2) is 5.69 Å². The molecule has 0 fully saturated rings. The van der Waals surface area contributed by atoms with Gasteiger partial charge in [-0.15, -0.1) is 0 Å². The summed E-state index contributed by atoms with van der Waals surface area (Å²) >= 11 is 0. The highest BCUT2D eigenvalue weighted by molar-refractivity contribution is 5.98. The lowest BCUT2D eigenvalue weighted by Crippen LogP contribution is -2.48. The maximum atomic E-state index is 12.1. The molecular formula is C12H22N4O2. The Kier molecular flexibility index (Phi) is 4.34. The van der Waals surface area contributed by atoms with Crippen molar-refractivity contribution in [2.75, 3.05) is 12.3 Å². The first-order valence-corrected chi connectivity index (χ1v) is 6.11. The second-order valence-corrected chi connectivity index (χ2v) is 5.08. The number of hydrogen-bond acceptors (Lipinski definition) is 4. The first kappa shape index (κ1) is 14.5. The van der Waals surface area contributed by atoms with Gasteiger partial charge in [-0.05, 0) is 19.3 Å². The third-order valence-corrected chi connectivity index (χ3v) is 3.17. The van der Waals surface area contributed by atoms with Gasteiger partial charge in [0.1, 0.15) is 0 Å². The van der Waals surface area contributed by atoms with E-state index in [4.69, 9.17) is 5.73 Å². The highest BCUT2D eigenvalue weighted by Crippen LogP contribution is 2.22. The van der Waals surface area contributed by atoms with Crippen LogP contribution >= 0.6 is 0 Å². The molecule has 102 valence electrons. The lowest BCUT2D eigenvalue weighted by atomic mass is 10.00. The Balaban J connectivity index is 2.92. The Bertz CT molecular complexity index is 422. The van der Waals surface area contributed by atoms with Crippen molar-refractivity contribution in [1.29, 1.82) is 0 Å². The first-order valence-electron chi connectivity index (χ1n) is 6.11. The molecule has 0 spiro atoms. The van der Waals surface area contributed by atoms with Crippen molar-refractivity contribution in [3.63, 3.8) is 0 Å². The monoisotopic (exact) mass is 254 g/mol. The number of amides is 1. The van der Waals surface area contributed by atoms with E-state index in [9.17, 15) is 9.90 Å². The molecular weight excluding hydrogens is 232 g/mol. The van der Waals surface area contributed by atoms with Gasteiger partial charge in [-0.2, -0.15) is 5.10 Å². The number of rotatable bonds is 5. The van der Waals surface area contributed by atoms with Gasteiger partial charge in [-0.3, -0.25) is 9.89 Å². The highest BCUT2D eigenvalue weighted by atomic mass is 16.3. The fraction of sp³-hybridized carbons (Fsp3) is 0.667. The third kappa shape index (κ3) is 2.81. The molecule has 0 aromatic carbocycles. The van der Waals surface area contributed by atoms with Crippen molar-refractivity contribution in [3.8, 4) is 0 Å². The molecule has 0 aliphatic rings. The van der Waals surface area contributed by atoms with E-state index in [1.807, 2.05) is 20.8 Å². The number of aliphatic hydroxyl groups excluding tert-OH is 1. The quantitative estimate of drug-likeness (QED) is 0.629. The van der Waals surface area contributed by atoms with E-state index in [0.29, 0.717) is 12.1 Å². The van der Waals surface area contributed by atoms with Gasteiger partial charge in [0.2, 0.25) is 0 Å². The Labute approximate surface area is 107 Å². The van der Waals surface area contributed by atoms with Crippen molar-refractivity contribution < 1.29 is 9.90 Å². The summed E-state index contributed by atoms with van der Waals surface area (Å²) in [7, 11) is 0. The summed E-state index contributed by atoms with van der Waals surface area (Å²) in [4.78, 5) is 12.1. The number of H-pyrrole nitrogens is 1. The fourth-order valence-electron chi connectivity index (χ4n) is 1.55. The second-order valence-electron chi connectivity index (χ2n) is 5.08. The predicted molar refractivity (Wildman–Crippen MR) is 70.3 cm³/mol. The molecule has 1 heterocycles. The number of anilines is 1. The number of aromatic nitrogens is 2. The number of nitrogen functional groups attached to an aromatic ring is 1. The molecule has 0 saturated heterocycles. The van der Waals surface area contributed by atoms with Gasteiger partial charge >= 0.3 is 0 Å². The number of carbonyl (C=O) groups excluding carboxylic acids is 1. The molecule has 6 heteroatoms. The topological polar surface area (TPSA) is 104 Å². The van der Waals surface area contributed by atoms with E-state index >= 15 is 0 Å². The third-order valence-electron chi connectivity index (χ3n) is 3.17. The second kappa shape index (κ2) is 5.39. The largest absolute Gasteiger partial charge is 0.395 e. The van der Waals surface area contributed by atoms with Crippen LogP contribution in [0.5, 0.6) is 0 Å². The van der Waals surface area contributed by atoms with Gasteiger partial charge in [0.25, 0.3) is 5.91 Å². The van der Waals surface area contributed by atoms with Gasteiger partial charge in [0.05, 0.1) is 23.5 Å². The van der Waals surface area contributed by atoms with Crippen molar-refractivity contribution >= 4 is 11.6 Å². The number of carbonyl (C=O) groups is 1. The van der Waals surface area contributed by atoms with E-state index in [2.05, 4.69) is 15.5 Å². The minimum atomic E-state index is -0.652. The molecule has 5 N–H and O–H groups in total. The smallest absolute Gasteiger partial charge is 0.274 e. The van der Waals surface area contributed by atoms with Crippen LogP contribution in [0.3, 0.4) is 0 Å². The summed E-state index contributed by atoms with van der Waals surface area (Å²) in [6.45, 7) is 7.47. The molecule has 1 aromatic rings. The van der Waals surface area contributed by atoms with Crippen LogP contribution in [0.25, 0.3) is 0 Å². The lowest BCUT2D eigenvalue weighted by molar-refractivity contribution is 0.0843. The maximum absolute atomic E-state index is 12.1. The van der Waals surface area contributed by atoms with Crippen LogP contribution in [-0.4, -0.2) is 33.4 Å². The molecule has 18 heavy (non-hydrogen) atoms. The van der Waals surface area contributed by atoms with Crippen LogP contribution < -0.4 is 11.1 Å². The average Bonchev–Trinajstić information content (AvgIpc) is 2.71. The standard InChI is InChI=1S/C12H22N4O2/c1-5-12(4,6-17)14-11(18)10-8(13)9(7(2)3)15-16-10/h7,17H,5-6,13H2,1-4H3,(H,14,18)(H,15,16). The Morgan fingerprint density at radius 2 is 2.22 bits per heavy atom. The maximum Gasteiger partial charge on any atom is 0.274 e. The molecule has 0 aliphatic heterocycles. The van der Waals surface area contributed by atoms with Crippen LogP contribution in [0.1, 0.15) is 56.2 Å². The zero-order chi connectivity index (χ0) is 13.9. The molecule has 1 rings (SSSR count). The van der Waals surface area contributed by atoms with Gasteiger partial charge < -0.3 is 16.2 Å². The normalized spacial score (nSPS) is 14.6. The number of aliphatic hydroxyl groups is 1. The fourth-order valence-corrected chi connectivity index (χ4v) is 1.55. The minimum absolute atomic E-state index is 0.128. The molecule has 1 amide bonds. The summed E-state index contributed by atoms with van der Waals surface area (Å²) in [6, 6.07) is 0. The summed E-state index contributed by atoms with van der Waals surface area (Å²) in [5.74, 6) is -0.191. The van der Waals surface area contributed by atoms with Crippen LogP contribution in [0.2, 0.25) is 0 Å². The van der Waals surface area contributed by atoms with E-state index in [1.54, 1.807) is 6.92 Å². The number of nitrogens with one attached hydrogen (secondary N) is 2. The van der Waals surface area contributed by atoms with E-state index < -0.39 is 5.54 Å². The molecule has 6 nitrogen and oxygen atoms in total. The van der Waals surface area contributed by atoms with Gasteiger partial charge in [-0.25, -0.2) is 0 Å². The van der Waals surface area contributed by atoms with Crippen LogP contribution in [0.4, 0.5) is 5.69 Å². The molecule has 0 saturated carbocycles. The van der Waals surface area contributed by atoms with Crippen molar-refractivity contribution in [2.24, 2.45) is 0 Å². The van der Waals surface area contributed by atoms with Crippen molar-refractivity contribution in [3.05, 3.63) is 11.4 Å².